The number of aromatic nitrogens is 2. The van der Waals surface area contributed by atoms with E-state index in [1.54, 1.807) is 16.8 Å². The number of rotatable bonds is 3. The highest BCUT2D eigenvalue weighted by atomic mass is 16.2. The van der Waals surface area contributed by atoms with Gasteiger partial charge in [0.25, 0.3) is 5.56 Å². The minimum Gasteiger partial charge on any atom is -0.342 e. The molecule has 2 heterocycles. The SMILES string of the molecule is CC(C)(C)C(=O)N1CCC(Cn2nc(-c3ccccc3)ccc2=O)CC1. The second-order valence-corrected chi connectivity index (χ2v) is 8.09. The molecule has 0 radical (unpaired) electrons. The topological polar surface area (TPSA) is 55.2 Å². The average Bonchev–Trinajstić information content (AvgIpc) is 2.63. The number of carbonyl (C=O) groups excluding carboxylic acids is 1. The fourth-order valence-electron chi connectivity index (χ4n) is 3.38. The summed E-state index contributed by atoms with van der Waals surface area (Å²) >= 11 is 0. The molecule has 1 fully saturated rings. The van der Waals surface area contributed by atoms with Gasteiger partial charge in [-0.1, -0.05) is 51.1 Å². The van der Waals surface area contributed by atoms with E-state index in [1.165, 1.54) is 0 Å². The summed E-state index contributed by atoms with van der Waals surface area (Å²) in [5, 5.41) is 4.55. The summed E-state index contributed by atoms with van der Waals surface area (Å²) in [5.41, 5.74) is 1.41. The quantitative estimate of drug-likeness (QED) is 0.851. The number of amides is 1. The molecule has 0 spiro atoms. The molecule has 138 valence electrons. The zero-order valence-electron chi connectivity index (χ0n) is 15.8. The molecule has 0 saturated carbocycles. The van der Waals surface area contributed by atoms with Crippen molar-refractivity contribution in [1.29, 1.82) is 0 Å². The van der Waals surface area contributed by atoms with Gasteiger partial charge < -0.3 is 4.90 Å². The largest absolute Gasteiger partial charge is 0.342 e. The van der Waals surface area contributed by atoms with Gasteiger partial charge in [-0.2, -0.15) is 5.10 Å². The molecule has 0 atom stereocenters. The van der Waals surface area contributed by atoms with E-state index in [4.69, 9.17) is 0 Å². The normalized spacial score (nSPS) is 15.9. The highest BCUT2D eigenvalue weighted by Gasteiger charge is 2.30. The zero-order valence-corrected chi connectivity index (χ0v) is 15.8. The molecule has 1 saturated heterocycles. The van der Waals surface area contributed by atoms with Gasteiger partial charge in [-0.05, 0) is 24.8 Å². The first-order valence-electron chi connectivity index (χ1n) is 9.27. The zero-order chi connectivity index (χ0) is 18.7. The van der Waals surface area contributed by atoms with Crippen LogP contribution < -0.4 is 5.56 Å². The molecule has 5 heteroatoms. The number of benzene rings is 1. The highest BCUT2D eigenvalue weighted by molar-refractivity contribution is 5.81. The predicted octanol–water partition coefficient (Wildman–Crippen LogP) is 3.20. The van der Waals surface area contributed by atoms with Crippen LogP contribution in [0.3, 0.4) is 0 Å². The summed E-state index contributed by atoms with van der Waals surface area (Å²) in [4.78, 5) is 26.6. The van der Waals surface area contributed by atoms with Crippen LogP contribution in [0.1, 0.15) is 33.6 Å². The first kappa shape index (κ1) is 18.4. The van der Waals surface area contributed by atoms with Gasteiger partial charge in [-0.15, -0.1) is 0 Å². The Bertz CT molecular complexity index is 813. The third kappa shape index (κ3) is 4.21. The Morgan fingerprint density at radius 2 is 1.73 bits per heavy atom. The summed E-state index contributed by atoms with van der Waals surface area (Å²) in [6.07, 6.45) is 1.82. The van der Waals surface area contributed by atoms with Gasteiger partial charge >= 0.3 is 0 Å². The number of hydrogen-bond donors (Lipinski definition) is 0. The molecule has 1 aromatic carbocycles. The molecular formula is C21H27N3O2. The van der Waals surface area contributed by atoms with Gasteiger partial charge in [0.05, 0.1) is 5.69 Å². The van der Waals surface area contributed by atoms with E-state index in [9.17, 15) is 9.59 Å². The summed E-state index contributed by atoms with van der Waals surface area (Å²) in [6.45, 7) is 8.00. The Balaban J connectivity index is 1.67. The van der Waals surface area contributed by atoms with Crippen molar-refractivity contribution in [2.24, 2.45) is 11.3 Å². The molecule has 0 N–H and O–H groups in total. The minimum atomic E-state index is -0.338. The van der Waals surface area contributed by atoms with E-state index in [1.807, 2.05) is 56.0 Å². The van der Waals surface area contributed by atoms with Gasteiger partial charge in [-0.25, -0.2) is 4.68 Å². The van der Waals surface area contributed by atoms with Crippen molar-refractivity contribution in [2.75, 3.05) is 13.1 Å². The first-order chi connectivity index (χ1) is 12.3. The van der Waals surface area contributed by atoms with E-state index >= 15 is 0 Å². The van der Waals surface area contributed by atoms with Crippen LogP contribution in [-0.2, 0) is 11.3 Å². The summed E-state index contributed by atoms with van der Waals surface area (Å²) in [7, 11) is 0. The lowest BCUT2D eigenvalue weighted by atomic mass is 9.91. The van der Waals surface area contributed by atoms with Gasteiger partial charge in [0.15, 0.2) is 0 Å². The first-order valence-corrected chi connectivity index (χ1v) is 9.27. The second kappa shape index (κ2) is 7.44. The fourth-order valence-corrected chi connectivity index (χ4v) is 3.38. The Morgan fingerprint density at radius 3 is 2.35 bits per heavy atom. The van der Waals surface area contributed by atoms with Gasteiger partial charge in [0.1, 0.15) is 0 Å². The molecule has 1 aliphatic heterocycles. The van der Waals surface area contributed by atoms with Crippen molar-refractivity contribution in [1.82, 2.24) is 14.7 Å². The molecule has 3 rings (SSSR count). The standard InChI is InChI=1S/C21H27N3O2/c1-21(2,3)20(26)23-13-11-16(12-14-23)15-24-19(25)10-9-18(22-24)17-7-5-4-6-8-17/h4-10,16H,11-15H2,1-3H3. The number of piperidine rings is 1. The number of nitrogens with zero attached hydrogens (tertiary/aromatic N) is 3. The summed E-state index contributed by atoms with van der Waals surface area (Å²) < 4.78 is 1.58. The van der Waals surface area contributed by atoms with Crippen LogP contribution in [-0.4, -0.2) is 33.7 Å². The van der Waals surface area contributed by atoms with E-state index in [0.29, 0.717) is 12.5 Å². The summed E-state index contributed by atoms with van der Waals surface area (Å²) in [5.74, 6) is 0.576. The minimum absolute atomic E-state index is 0.0714. The van der Waals surface area contributed by atoms with E-state index in [0.717, 1.165) is 37.2 Å². The van der Waals surface area contributed by atoms with Crippen LogP contribution in [0.15, 0.2) is 47.3 Å². The van der Waals surface area contributed by atoms with Crippen molar-refractivity contribution in [3.05, 3.63) is 52.8 Å². The van der Waals surface area contributed by atoms with Crippen molar-refractivity contribution in [3.63, 3.8) is 0 Å². The highest BCUT2D eigenvalue weighted by Crippen LogP contribution is 2.24. The molecule has 5 nitrogen and oxygen atoms in total. The Labute approximate surface area is 154 Å². The van der Waals surface area contributed by atoms with Crippen LogP contribution in [0.5, 0.6) is 0 Å². The second-order valence-electron chi connectivity index (χ2n) is 8.09. The molecule has 1 aliphatic rings. The maximum Gasteiger partial charge on any atom is 0.266 e. The van der Waals surface area contributed by atoms with Gasteiger partial charge in [0.2, 0.25) is 5.91 Å². The van der Waals surface area contributed by atoms with Gasteiger partial charge in [-0.3, -0.25) is 9.59 Å². The molecule has 0 bridgehead atoms. The molecule has 0 unspecified atom stereocenters. The number of hydrogen-bond acceptors (Lipinski definition) is 3. The maximum absolute atomic E-state index is 12.4. The van der Waals surface area contributed by atoms with Crippen LogP contribution in [0.25, 0.3) is 11.3 Å². The average molecular weight is 353 g/mol. The van der Waals surface area contributed by atoms with Crippen molar-refractivity contribution in [3.8, 4) is 11.3 Å². The molecule has 0 aliphatic carbocycles. The molecule has 1 aromatic heterocycles. The Hall–Kier alpha value is -2.43. The van der Waals surface area contributed by atoms with Crippen molar-refractivity contribution in [2.45, 2.75) is 40.2 Å². The number of carbonyl (C=O) groups is 1. The van der Waals surface area contributed by atoms with Crippen LogP contribution in [0, 0.1) is 11.3 Å². The third-order valence-corrected chi connectivity index (χ3v) is 4.91. The van der Waals surface area contributed by atoms with Crippen molar-refractivity contribution < 1.29 is 4.79 Å². The molecule has 2 aromatic rings. The lowest BCUT2D eigenvalue weighted by Crippen LogP contribution is -2.45. The van der Waals surface area contributed by atoms with Crippen LogP contribution in [0.4, 0.5) is 0 Å². The smallest absolute Gasteiger partial charge is 0.266 e. The van der Waals surface area contributed by atoms with Crippen LogP contribution >= 0.6 is 0 Å². The Morgan fingerprint density at radius 1 is 1.08 bits per heavy atom. The maximum atomic E-state index is 12.4. The molecular weight excluding hydrogens is 326 g/mol. The van der Waals surface area contributed by atoms with Gasteiger partial charge in [0, 0.05) is 36.7 Å². The lowest BCUT2D eigenvalue weighted by molar-refractivity contribution is -0.140. The summed E-state index contributed by atoms with van der Waals surface area (Å²) in [6, 6.07) is 13.3. The van der Waals surface area contributed by atoms with E-state index in [-0.39, 0.29) is 16.9 Å². The number of likely N-dealkylation sites (tertiary alicyclic amines) is 1. The predicted molar refractivity (Wildman–Crippen MR) is 103 cm³/mol. The third-order valence-electron chi connectivity index (χ3n) is 4.91. The van der Waals surface area contributed by atoms with Crippen molar-refractivity contribution >= 4 is 5.91 Å². The Kier molecular flexibility index (Phi) is 5.25. The lowest BCUT2D eigenvalue weighted by Gasteiger charge is -2.35. The van der Waals surface area contributed by atoms with E-state index < -0.39 is 0 Å². The molecule has 26 heavy (non-hydrogen) atoms. The fraction of sp³-hybridized carbons (Fsp3) is 0.476. The molecule has 1 amide bonds. The van der Waals surface area contributed by atoms with Crippen LogP contribution in [0.2, 0.25) is 0 Å². The van der Waals surface area contributed by atoms with E-state index in [2.05, 4.69) is 5.10 Å². The monoisotopic (exact) mass is 353 g/mol.